The minimum Gasteiger partial charge on any atom is -0.486 e. The van der Waals surface area contributed by atoms with Gasteiger partial charge in [0.05, 0.1) is 12.7 Å². The van der Waals surface area contributed by atoms with E-state index in [4.69, 9.17) is 18.6 Å². The molecule has 2 aromatic carbocycles. The molecule has 0 spiro atoms. The first kappa shape index (κ1) is 20.5. The van der Waals surface area contributed by atoms with Crippen LogP contribution in [0, 0.1) is 6.92 Å². The highest BCUT2D eigenvalue weighted by Crippen LogP contribution is 2.35. The first-order chi connectivity index (χ1) is 15.0. The number of hydrogen-bond donors (Lipinski definition) is 1. The Kier molecular flexibility index (Phi) is 5.93. The number of carbonyl (C=O) groups is 2. The molecule has 3 aromatic rings. The highest BCUT2D eigenvalue weighted by Gasteiger charge is 2.25. The zero-order chi connectivity index (χ0) is 21.8. The Morgan fingerprint density at radius 3 is 2.52 bits per heavy atom. The van der Waals surface area contributed by atoms with Gasteiger partial charge in [-0.15, -0.1) is 0 Å². The third-order valence-corrected chi connectivity index (χ3v) is 5.06. The maximum Gasteiger partial charge on any atom is 0.328 e. The van der Waals surface area contributed by atoms with E-state index in [1.165, 1.54) is 7.11 Å². The second kappa shape index (κ2) is 8.95. The predicted octanol–water partition coefficient (Wildman–Crippen LogP) is 3.54. The van der Waals surface area contributed by atoms with E-state index in [0.29, 0.717) is 48.2 Å². The van der Waals surface area contributed by atoms with Crippen LogP contribution in [0.25, 0.3) is 11.3 Å². The summed E-state index contributed by atoms with van der Waals surface area (Å²) >= 11 is 0. The summed E-state index contributed by atoms with van der Waals surface area (Å²) in [7, 11) is 1.30. The Balaban J connectivity index is 1.54. The molecule has 0 bridgehead atoms. The second-order valence-corrected chi connectivity index (χ2v) is 7.18. The van der Waals surface area contributed by atoms with Gasteiger partial charge in [-0.1, -0.05) is 30.3 Å². The molecule has 0 unspecified atom stereocenters. The molecular formula is C24H23NO6. The average molecular weight is 421 g/mol. The molecule has 1 aromatic heterocycles. The summed E-state index contributed by atoms with van der Waals surface area (Å²) in [6, 6.07) is 15.8. The summed E-state index contributed by atoms with van der Waals surface area (Å²) in [4.78, 5) is 25.2. The monoisotopic (exact) mass is 421 g/mol. The van der Waals surface area contributed by atoms with Gasteiger partial charge in [0.2, 0.25) is 0 Å². The SMILES string of the molecule is COC(=O)[C@H](Cc1ccccc1)NC(=O)c1cc(-c2ccc3c(c2)OCCO3)oc1C. The van der Waals surface area contributed by atoms with Gasteiger partial charge in [0.15, 0.2) is 11.5 Å². The predicted molar refractivity (Wildman–Crippen MR) is 113 cm³/mol. The van der Waals surface area contributed by atoms with Gasteiger partial charge in [-0.3, -0.25) is 4.79 Å². The van der Waals surface area contributed by atoms with E-state index in [2.05, 4.69) is 5.32 Å². The van der Waals surface area contributed by atoms with Gasteiger partial charge in [0.1, 0.15) is 30.8 Å². The first-order valence-corrected chi connectivity index (χ1v) is 9.98. The molecule has 1 atom stereocenters. The smallest absolute Gasteiger partial charge is 0.328 e. The van der Waals surface area contributed by atoms with Crippen molar-refractivity contribution < 1.29 is 28.2 Å². The topological polar surface area (TPSA) is 87.0 Å². The molecule has 160 valence electrons. The van der Waals surface area contributed by atoms with Crippen molar-refractivity contribution in [3.63, 3.8) is 0 Å². The van der Waals surface area contributed by atoms with Gasteiger partial charge in [-0.05, 0) is 36.8 Å². The maximum absolute atomic E-state index is 12.9. The van der Waals surface area contributed by atoms with Crippen molar-refractivity contribution in [2.75, 3.05) is 20.3 Å². The van der Waals surface area contributed by atoms with Gasteiger partial charge < -0.3 is 23.9 Å². The molecule has 1 N–H and O–H groups in total. The lowest BCUT2D eigenvalue weighted by Gasteiger charge is -2.18. The summed E-state index contributed by atoms with van der Waals surface area (Å²) < 4.78 is 21.9. The molecule has 2 heterocycles. The number of ether oxygens (including phenoxy) is 3. The number of esters is 1. The van der Waals surface area contributed by atoms with Gasteiger partial charge >= 0.3 is 5.97 Å². The molecule has 7 heteroatoms. The molecule has 0 fully saturated rings. The van der Waals surface area contributed by atoms with Crippen molar-refractivity contribution in [2.45, 2.75) is 19.4 Å². The van der Waals surface area contributed by atoms with Crippen LogP contribution in [0.15, 0.2) is 59.0 Å². The molecule has 31 heavy (non-hydrogen) atoms. The van der Waals surface area contributed by atoms with Crippen molar-refractivity contribution >= 4 is 11.9 Å². The Hall–Kier alpha value is -3.74. The molecule has 7 nitrogen and oxygen atoms in total. The van der Waals surface area contributed by atoms with Crippen LogP contribution in [0.4, 0.5) is 0 Å². The highest BCUT2D eigenvalue weighted by atomic mass is 16.6. The highest BCUT2D eigenvalue weighted by molar-refractivity contribution is 5.98. The molecule has 0 radical (unpaired) electrons. The van der Waals surface area contributed by atoms with E-state index in [0.717, 1.165) is 11.1 Å². The summed E-state index contributed by atoms with van der Waals surface area (Å²) in [5, 5.41) is 2.77. The minimum atomic E-state index is -0.813. The number of rotatable bonds is 6. The lowest BCUT2D eigenvalue weighted by molar-refractivity contribution is -0.142. The van der Waals surface area contributed by atoms with Crippen LogP contribution in [0.2, 0.25) is 0 Å². The maximum atomic E-state index is 12.9. The average Bonchev–Trinajstić information content (AvgIpc) is 3.20. The standard InChI is InChI=1S/C24H23NO6/c1-15-18(14-21(31-15)17-8-9-20-22(13-17)30-11-10-29-20)23(26)25-19(24(27)28-2)12-16-6-4-3-5-7-16/h3-9,13-14,19H,10-12H2,1-2H3,(H,25,26)/t19-/m0/s1. The third-order valence-electron chi connectivity index (χ3n) is 5.06. The van der Waals surface area contributed by atoms with Gasteiger partial charge in [-0.2, -0.15) is 0 Å². The molecule has 1 aliphatic rings. The van der Waals surface area contributed by atoms with Crippen LogP contribution in [-0.4, -0.2) is 38.2 Å². The number of furan rings is 1. The first-order valence-electron chi connectivity index (χ1n) is 9.98. The van der Waals surface area contributed by atoms with Crippen LogP contribution in [0.1, 0.15) is 21.7 Å². The van der Waals surface area contributed by atoms with Crippen molar-refractivity contribution in [3.8, 4) is 22.8 Å². The largest absolute Gasteiger partial charge is 0.486 e. The fourth-order valence-electron chi connectivity index (χ4n) is 3.47. The Labute approximate surface area is 179 Å². The Bertz CT molecular complexity index is 1090. The molecule has 0 aliphatic carbocycles. The van der Waals surface area contributed by atoms with E-state index in [-0.39, 0.29) is 0 Å². The number of hydrogen-bond acceptors (Lipinski definition) is 6. The van der Waals surface area contributed by atoms with Crippen LogP contribution in [0.5, 0.6) is 11.5 Å². The van der Waals surface area contributed by atoms with E-state index < -0.39 is 17.9 Å². The van der Waals surface area contributed by atoms with Gasteiger partial charge in [0.25, 0.3) is 5.91 Å². The molecule has 1 amide bonds. The van der Waals surface area contributed by atoms with Crippen molar-refractivity contribution in [3.05, 3.63) is 71.5 Å². The lowest BCUT2D eigenvalue weighted by Crippen LogP contribution is -2.43. The second-order valence-electron chi connectivity index (χ2n) is 7.18. The van der Waals surface area contributed by atoms with E-state index in [9.17, 15) is 9.59 Å². The molecule has 0 saturated heterocycles. The number of carbonyl (C=O) groups excluding carboxylic acids is 2. The summed E-state index contributed by atoms with van der Waals surface area (Å²) in [6.45, 7) is 2.71. The summed E-state index contributed by atoms with van der Waals surface area (Å²) in [6.07, 6.45) is 0.325. The van der Waals surface area contributed by atoms with Gasteiger partial charge in [0, 0.05) is 12.0 Å². The Morgan fingerprint density at radius 2 is 1.77 bits per heavy atom. The van der Waals surface area contributed by atoms with E-state index in [1.807, 2.05) is 48.5 Å². The van der Waals surface area contributed by atoms with Crippen molar-refractivity contribution in [2.24, 2.45) is 0 Å². The number of aryl methyl sites for hydroxylation is 1. The van der Waals surface area contributed by atoms with Crippen LogP contribution >= 0.6 is 0 Å². The minimum absolute atomic E-state index is 0.325. The molecule has 4 rings (SSSR count). The fraction of sp³-hybridized carbons (Fsp3) is 0.250. The zero-order valence-corrected chi connectivity index (χ0v) is 17.3. The molecule has 1 aliphatic heterocycles. The van der Waals surface area contributed by atoms with E-state index >= 15 is 0 Å². The summed E-state index contributed by atoms with van der Waals surface area (Å²) in [5.74, 6) is 1.38. The Morgan fingerprint density at radius 1 is 1.03 bits per heavy atom. The van der Waals surface area contributed by atoms with Crippen LogP contribution < -0.4 is 14.8 Å². The van der Waals surface area contributed by atoms with Crippen LogP contribution in [0.3, 0.4) is 0 Å². The number of amides is 1. The normalized spacial score (nSPS) is 13.4. The zero-order valence-electron chi connectivity index (χ0n) is 17.3. The van der Waals surface area contributed by atoms with E-state index in [1.54, 1.807) is 13.0 Å². The van der Waals surface area contributed by atoms with Crippen molar-refractivity contribution in [1.82, 2.24) is 5.32 Å². The number of nitrogens with one attached hydrogen (secondary N) is 1. The summed E-state index contributed by atoms with van der Waals surface area (Å²) in [5.41, 5.74) is 2.03. The van der Waals surface area contributed by atoms with Crippen molar-refractivity contribution in [1.29, 1.82) is 0 Å². The van der Waals surface area contributed by atoms with Gasteiger partial charge in [-0.25, -0.2) is 4.79 Å². The molecular weight excluding hydrogens is 398 g/mol. The molecule has 0 saturated carbocycles. The van der Waals surface area contributed by atoms with Crippen LogP contribution in [-0.2, 0) is 16.0 Å². The fourth-order valence-corrected chi connectivity index (χ4v) is 3.47. The quantitative estimate of drug-likeness (QED) is 0.613. The lowest BCUT2D eigenvalue weighted by atomic mass is 10.1. The number of fused-ring (bicyclic) bond motifs is 1. The number of benzene rings is 2. The third kappa shape index (κ3) is 4.55. The number of methoxy groups -OCH3 is 1.